The first-order chi connectivity index (χ1) is 9.74. The second-order valence-corrected chi connectivity index (χ2v) is 6.64. The zero-order valence-electron chi connectivity index (χ0n) is 12.4. The van der Waals surface area contributed by atoms with Crippen LogP contribution in [0.15, 0.2) is 0 Å². The van der Waals surface area contributed by atoms with Crippen LogP contribution in [0, 0.1) is 5.92 Å². The van der Waals surface area contributed by atoms with E-state index in [1.54, 1.807) is 0 Å². The van der Waals surface area contributed by atoms with Crippen LogP contribution in [0.5, 0.6) is 0 Å². The molecule has 0 bridgehead atoms. The maximum Gasteiger partial charge on any atom is 0.236 e. The highest BCUT2D eigenvalue weighted by Crippen LogP contribution is 2.35. The van der Waals surface area contributed by atoms with Gasteiger partial charge in [-0.25, -0.2) is 0 Å². The fourth-order valence-corrected chi connectivity index (χ4v) is 4.20. The van der Waals surface area contributed by atoms with E-state index in [0.717, 1.165) is 12.5 Å². The highest BCUT2D eigenvalue weighted by Gasteiger charge is 2.34. The topological polar surface area (TPSA) is 40.6 Å². The number of piperidine rings is 2. The molecule has 2 atom stereocenters. The van der Waals surface area contributed by atoms with Crippen LogP contribution in [-0.4, -0.2) is 53.7 Å². The number of hydrogen-bond donors (Lipinski definition) is 0. The van der Waals surface area contributed by atoms with Gasteiger partial charge in [-0.3, -0.25) is 14.5 Å². The molecule has 1 amide bonds. The van der Waals surface area contributed by atoms with Gasteiger partial charge in [0.1, 0.15) is 5.78 Å². The number of carbonyl (C=O) groups is 2. The number of fused-ring (bicyclic) bond motifs is 1. The Morgan fingerprint density at radius 3 is 2.50 bits per heavy atom. The number of rotatable bonds is 2. The van der Waals surface area contributed by atoms with Gasteiger partial charge in [-0.2, -0.15) is 0 Å². The van der Waals surface area contributed by atoms with E-state index in [4.69, 9.17) is 0 Å². The smallest absolute Gasteiger partial charge is 0.236 e. The van der Waals surface area contributed by atoms with E-state index >= 15 is 0 Å². The molecule has 0 radical (unpaired) electrons. The highest BCUT2D eigenvalue weighted by molar-refractivity contribution is 5.84. The van der Waals surface area contributed by atoms with Crippen LogP contribution in [0.3, 0.4) is 0 Å². The van der Waals surface area contributed by atoms with Gasteiger partial charge in [0.2, 0.25) is 5.91 Å². The zero-order valence-corrected chi connectivity index (χ0v) is 12.4. The van der Waals surface area contributed by atoms with E-state index in [0.29, 0.717) is 44.3 Å². The molecule has 0 aromatic carbocycles. The fraction of sp³-hybridized carbons (Fsp3) is 0.875. The van der Waals surface area contributed by atoms with Crippen molar-refractivity contribution in [2.45, 2.75) is 57.4 Å². The maximum absolute atomic E-state index is 12.4. The summed E-state index contributed by atoms with van der Waals surface area (Å²) in [6.45, 7) is 2.94. The third-order valence-corrected chi connectivity index (χ3v) is 5.37. The molecule has 1 saturated carbocycles. The lowest BCUT2D eigenvalue weighted by Gasteiger charge is -2.44. The van der Waals surface area contributed by atoms with Crippen molar-refractivity contribution in [1.82, 2.24) is 9.80 Å². The van der Waals surface area contributed by atoms with Crippen LogP contribution in [0.4, 0.5) is 0 Å². The Kier molecular flexibility index (Phi) is 4.39. The van der Waals surface area contributed by atoms with Crippen LogP contribution in [-0.2, 0) is 9.59 Å². The van der Waals surface area contributed by atoms with Crippen LogP contribution < -0.4 is 0 Å². The lowest BCUT2D eigenvalue weighted by molar-refractivity contribution is -0.137. The average molecular weight is 278 g/mol. The number of carbonyl (C=O) groups excluding carboxylic acids is 2. The van der Waals surface area contributed by atoms with E-state index in [-0.39, 0.29) is 5.91 Å². The molecule has 4 heteroatoms. The van der Waals surface area contributed by atoms with Crippen LogP contribution in [0.25, 0.3) is 0 Å². The average Bonchev–Trinajstić information content (AvgIpc) is 2.48. The Hall–Kier alpha value is -0.900. The summed E-state index contributed by atoms with van der Waals surface area (Å²) in [4.78, 5) is 28.0. The van der Waals surface area contributed by atoms with Crippen molar-refractivity contribution >= 4 is 11.7 Å². The third-order valence-electron chi connectivity index (χ3n) is 5.37. The largest absolute Gasteiger partial charge is 0.341 e. The molecule has 0 spiro atoms. The first kappa shape index (κ1) is 14.1. The number of Topliss-reactive ketones (excluding diaryl/α,β-unsaturated/α-hetero) is 1. The van der Waals surface area contributed by atoms with Gasteiger partial charge in [-0.05, 0) is 38.1 Å². The number of hydrogen-bond acceptors (Lipinski definition) is 3. The predicted molar refractivity (Wildman–Crippen MR) is 77.4 cm³/mol. The van der Waals surface area contributed by atoms with E-state index in [1.165, 1.54) is 38.5 Å². The zero-order chi connectivity index (χ0) is 13.9. The quantitative estimate of drug-likeness (QED) is 0.774. The molecule has 3 rings (SSSR count). The minimum absolute atomic E-state index is 0.240. The molecule has 0 aromatic heterocycles. The van der Waals surface area contributed by atoms with Crippen LogP contribution >= 0.6 is 0 Å². The molecule has 112 valence electrons. The Balaban J connectivity index is 1.56. The minimum Gasteiger partial charge on any atom is -0.341 e. The van der Waals surface area contributed by atoms with Crippen molar-refractivity contribution in [2.24, 2.45) is 5.92 Å². The van der Waals surface area contributed by atoms with E-state index < -0.39 is 0 Å². The standard InChI is InChI=1S/C16H26N2O2/c19-14-7-10-17(11-8-14)16(20)12-18-9-3-5-13-4-1-2-6-15(13)18/h13,15H,1-12H2/t13-,15-/m1/s1. The van der Waals surface area contributed by atoms with Crippen molar-refractivity contribution < 1.29 is 9.59 Å². The predicted octanol–water partition coefficient (Wildman–Crippen LogP) is 1.83. The molecule has 2 heterocycles. The highest BCUT2D eigenvalue weighted by atomic mass is 16.2. The molecule has 3 aliphatic rings. The Morgan fingerprint density at radius 2 is 1.70 bits per heavy atom. The van der Waals surface area contributed by atoms with Gasteiger partial charge in [-0.15, -0.1) is 0 Å². The van der Waals surface area contributed by atoms with E-state index in [9.17, 15) is 9.59 Å². The number of amides is 1. The molecule has 20 heavy (non-hydrogen) atoms. The van der Waals surface area contributed by atoms with E-state index in [1.807, 2.05) is 4.90 Å². The summed E-state index contributed by atoms with van der Waals surface area (Å²) in [5.74, 6) is 1.37. The van der Waals surface area contributed by atoms with Gasteiger partial charge in [0, 0.05) is 32.0 Å². The normalized spacial score (nSPS) is 32.0. The van der Waals surface area contributed by atoms with Gasteiger partial charge < -0.3 is 4.90 Å². The number of ketones is 1. The summed E-state index contributed by atoms with van der Waals surface area (Å²) < 4.78 is 0. The molecule has 3 fully saturated rings. The van der Waals surface area contributed by atoms with Gasteiger partial charge >= 0.3 is 0 Å². The first-order valence-electron chi connectivity index (χ1n) is 8.27. The SMILES string of the molecule is O=C1CCN(C(=O)CN2CCC[C@H]3CCCC[C@H]32)CC1. The Labute approximate surface area is 121 Å². The van der Waals surface area contributed by atoms with Gasteiger partial charge in [0.25, 0.3) is 0 Å². The summed E-state index contributed by atoms with van der Waals surface area (Å²) >= 11 is 0. The minimum atomic E-state index is 0.240. The monoisotopic (exact) mass is 278 g/mol. The number of nitrogens with zero attached hydrogens (tertiary/aromatic N) is 2. The lowest BCUT2D eigenvalue weighted by atomic mass is 9.78. The number of likely N-dealkylation sites (tertiary alicyclic amines) is 2. The molecular formula is C16H26N2O2. The molecule has 0 N–H and O–H groups in total. The molecule has 0 aromatic rings. The summed E-state index contributed by atoms with van der Waals surface area (Å²) in [6.07, 6.45) is 9.03. The summed E-state index contributed by atoms with van der Waals surface area (Å²) in [6, 6.07) is 0.646. The van der Waals surface area contributed by atoms with Crippen molar-refractivity contribution in [3.8, 4) is 0 Å². The van der Waals surface area contributed by atoms with Crippen molar-refractivity contribution in [3.05, 3.63) is 0 Å². The lowest BCUT2D eigenvalue weighted by Crippen LogP contribution is -2.52. The summed E-state index contributed by atoms with van der Waals surface area (Å²) in [7, 11) is 0. The van der Waals surface area contributed by atoms with Crippen LogP contribution in [0.1, 0.15) is 51.4 Å². The van der Waals surface area contributed by atoms with Gasteiger partial charge in [0.15, 0.2) is 0 Å². The van der Waals surface area contributed by atoms with Gasteiger partial charge in [0.05, 0.1) is 6.54 Å². The van der Waals surface area contributed by atoms with E-state index in [2.05, 4.69) is 4.90 Å². The Bertz CT molecular complexity index is 371. The molecular weight excluding hydrogens is 252 g/mol. The van der Waals surface area contributed by atoms with Crippen molar-refractivity contribution in [3.63, 3.8) is 0 Å². The second kappa shape index (κ2) is 6.25. The molecule has 4 nitrogen and oxygen atoms in total. The maximum atomic E-state index is 12.4. The van der Waals surface area contributed by atoms with Crippen LogP contribution in [0.2, 0.25) is 0 Å². The third kappa shape index (κ3) is 3.05. The fourth-order valence-electron chi connectivity index (χ4n) is 4.20. The second-order valence-electron chi connectivity index (χ2n) is 6.64. The molecule has 1 aliphatic carbocycles. The van der Waals surface area contributed by atoms with Crippen molar-refractivity contribution in [2.75, 3.05) is 26.2 Å². The molecule has 2 saturated heterocycles. The van der Waals surface area contributed by atoms with Gasteiger partial charge in [-0.1, -0.05) is 12.8 Å². The summed E-state index contributed by atoms with van der Waals surface area (Å²) in [5.41, 5.74) is 0. The summed E-state index contributed by atoms with van der Waals surface area (Å²) in [5, 5.41) is 0. The molecule has 0 unspecified atom stereocenters. The van der Waals surface area contributed by atoms with Crippen molar-refractivity contribution in [1.29, 1.82) is 0 Å². The Morgan fingerprint density at radius 1 is 1.00 bits per heavy atom. The first-order valence-corrected chi connectivity index (χ1v) is 8.27. The molecule has 2 aliphatic heterocycles.